The molecule has 0 bridgehead atoms. The number of aromatic nitrogens is 2. The molecule has 1 aromatic heterocycles. The summed E-state index contributed by atoms with van der Waals surface area (Å²) in [5.41, 5.74) is 0.740. The molecule has 1 fully saturated rings. The number of piperidine rings is 1. The standard InChI is InChI=1S/C15H23N5O4/c1-9-4-5-19(7-11(9)14(22)23)15(24)17-12-6-10(2)20(18-12)8-13(21)16-3/h6,9,11H,4-5,7-8H2,1-3H3,(H,16,21)(H,22,23)(H,17,18,24). The topological polar surface area (TPSA) is 117 Å². The fraction of sp³-hybridized carbons (Fsp3) is 0.600. The van der Waals surface area contributed by atoms with Crippen LogP contribution in [0.2, 0.25) is 0 Å². The number of hydrogen-bond donors (Lipinski definition) is 3. The molecule has 2 rings (SSSR count). The van der Waals surface area contributed by atoms with E-state index in [1.165, 1.54) is 9.58 Å². The molecule has 0 saturated carbocycles. The smallest absolute Gasteiger partial charge is 0.323 e. The Morgan fingerprint density at radius 1 is 1.42 bits per heavy atom. The molecule has 2 heterocycles. The van der Waals surface area contributed by atoms with Gasteiger partial charge in [-0.3, -0.25) is 19.6 Å². The number of hydrogen-bond acceptors (Lipinski definition) is 4. The quantitative estimate of drug-likeness (QED) is 0.740. The van der Waals surface area contributed by atoms with Crippen LogP contribution in [-0.4, -0.2) is 57.8 Å². The first-order valence-corrected chi connectivity index (χ1v) is 7.85. The van der Waals surface area contributed by atoms with Crippen molar-refractivity contribution >= 4 is 23.7 Å². The van der Waals surface area contributed by atoms with E-state index >= 15 is 0 Å². The molecule has 1 saturated heterocycles. The van der Waals surface area contributed by atoms with E-state index in [2.05, 4.69) is 15.7 Å². The number of amides is 3. The van der Waals surface area contributed by atoms with Crippen molar-refractivity contribution in [3.63, 3.8) is 0 Å². The van der Waals surface area contributed by atoms with Gasteiger partial charge in [-0.25, -0.2) is 4.79 Å². The first-order chi connectivity index (χ1) is 11.3. The third kappa shape index (κ3) is 4.03. The predicted molar refractivity (Wildman–Crippen MR) is 86.5 cm³/mol. The molecule has 0 radical (unpaired) electrons. The van der Waals surface area contributed by atoms with Gasteiger partial charge >= 0.3 is 12.0 Å². The summed E-state index contributed by atoms with van der Waals surface area (Å²) in [5.74, 6) is -1.25. The minimum atomic E-state index is -0.884. The lowest BCUT2D eigenvalue weighted by molar-refractivity contribution is -0.145. The number of carboxylic acid groups (broad SMARTS) is 1. The third-order valence-corrected chi connectivity index (χ3v) is 4.35. The summed E-state index contributed by atoms with van der Waals surface area (Å²) < 4.78 is 1.49. The van der Waals surface area contributed by atoms with E-state index in [4.69, 9.17) is 0 Å². The Kier molecular flexibility index (Phi) is 5.42. The van der Waals surface area contributed by atoms with Gasteiger partial charge in [0, 0.05) is 31.9 Å². The van der Waals surface area contributed by atoms with Gasteiger partial charge in [-0.15, -0.1) is 0 Å². The van der Waals surface area contributed by atoms with Crippen LogP contribution in [0.15, 0.2) is 6.07 Å². The van der Waals surface area contributed by atoms with Gasteiger partial charge < -0.3 is 15.3 Å². The molecule has 0 aliphatic carbocycles. The van der Waals surface area contributed by atoms with Crippen molar-refractivity contribution in [3.8, 4) is 0 Å². The summed E-state index contributed by atoms with van der Waals surface area (Å²) in [5, 5.41) is 18.6. The molecule has 2 atom stereocenters. The van der Waals surface area contributed by atoms with Gasteiger partial charge in [0.1, 0.15) is 6.54 Å². The second-order valence-electron chi connectivity index (χ2n) is 6.09. The maximum atomic E-state index is 12.3. The largest absolute Gasteiger partial charge is 0.481 e. The Balaban J connectivity index is 2.01. The molecular formula is C15H23N5O4. The van der Waals surface area contributed by atoms with E-state index in [0.29, 0.717) is 18.8 Å². The Labute approximate surface area is 140 Å². The zero-order valence-corrected chi connectivity index (χ0v) is 14.1. The fourth-order valence-corrected chi connectivity index (χ4v) is 2.71. The van der Waals surface area contributed by atoms with Gasteiger partial charge in [0.25, 0.3) is 0 Å². The minimum Gasteiger partial charge on any atom is -0.481 e. The number of carboxylic acids is 1. The zero-order valence-electron chi connectivity index (χ0n) is 14.1. The first kappa shape index (κ1) is 17.8. The van der Waals surface area contributed by atoms with Crippen LogP contribution in [0.4, 0.5) is 10.6 Å². The number of carbonyl (C=O) groups is 3. The molecule has 2 unspecified atom stereocenters. The van der Waals surface area contributed by atoms with Gasteiger partial charge in [0.2, 0.25) is 5.91 Å². The van der Waals surface area contributed by atoms with Crippen molar-refractivity contribution in [1.82, 2.24) is 20.0 Å². The number of likely N-dealkylation sites (N-methyl/N-ethyl adjacent to an activating group) is 1. The number of aryl methyl sites for hydroxylation is 1. The molecular weight excluding hydrogens is 314 g/mol. The Bertz CT molecular complexity index is 642. The van der Waals surface area contributed by atoms with E-state index in [1.807, 2.05) is 6.92 Å². The highest BCUT2D eigenvalue weighted by molar-refractivity contribution is 5.89. The van der Waals surface area contributed by atoms with Crippen LogP contribution >= 0.6 is 0 Å². The Morgan fingerprint density at radius 3 is 2.75 bits per heavy atom. The summed E-state index contributed by atoms with van der Waals surface area (Å²) in [6.45, 7) is 4.43. The molecule has 132 valence electrons. The molecule has 9 nitrogen and oxygen atoms in total. The van der Waals surface area contributed by atoms with Crippen LogP contribution in [-0.2, 0) is 16.1 Å². The van der Waals surface area contributed by atoms with Crippen LogP contribution in [0, 0.1) is 18.8 Å². The van der Waals surface area contributed by atoms with Crippen LogP contribution < -0.4 is 10.6 Å². The van der Waals surface area contributed by atoms with E-state index in [9.17, 15) is 19.5 Å². The van der Waals surface area contributed by atoms with Crippen molar-refractivity contribution < 1.29 is 19.5 Å². The molecule has 24 heavy (non-hydrogen) atoms. The zero-order chi connectivity index (χ0) is 17.9. The van der Waals surface area contributed by atoms with Gasteiger partial charge in [-0.05, 0) is 19.3 Å². The highest BCUT2D eigenvalue weighted by atomic mass is 16.4. The van der Waals surface area contributed by atoms with Crippen molar-refractivity contribution in [3.05, 3.63) is 11.8 Å². The number of aliphatic carboxylic acids is 1. The summed E-state index contributed by atoms with van der Waals surface area (Å²) in [6.07, 6.45) is 0.647. The maximum absolute atomic E-state index is 12.3. The Morgan fingerprint density at radius 2 is 2.12 bits per heavy atom. The number of nitrogens with zero attached hydrogens (tertiary/aromatic N) is 3. The van der Waals surface area contributed by atoms with E-state index in [-0.39, 0.29) is 30.9 Å². The number of rotatable bonds is 4. The van der Waals surface area contributed by atoms with E-state index in [0.717, 1.165) is 5.69 Å². The number of anilines is 1. The van der Waals surface area contributed by atoms with E-state index < -0.39 is 11.9 Å². The Hall–Kier alpha value is -2.58. The normalized spacial score (nSPS) is 20.5. The molecule has 1 aromatic rings. The average Bonchev–Trinajstić information content (AvgIpc) is 2.86. The maximum Gasteiger partial charge on any atom is 0.323 e. The molecule has 3 amide bonds. The van der Waals surface area contributed by atoms with Crippen molar-refractivity contribution in [1.29, 1.82) is 0 Å². The number of nitrogens with one attached hydrogen (secondary N) is 2. The van der Waals surface area contributed by atoms with Crippen LogP contribution in [0.25, 0.3) is 0 Å². The number of likely N-dealkylation sites (tertiary alicyclic amines) is 1. The average molecular weight is 337 g/mol. The van der Waals surface area contributed by atoms with Crippen LogP contribution in [0.1, 0.15) is 19.0 Å². The van der Waals surface area contributed by atoms with Crippen molar-refractivity contribution in [2.75, 3.05) is 25.5 Å². The van der Waals surface area contributed by atoms with E-state index in [1.54, 1.807) is 20.0 Å². The lowest BCUT2D eigenvalue weighted by Gasteiger charge is -2.34. The second kappa shape index (κ2) is 7.33. The van der Waals surface area contributed by atoms with Gasteiger partial charge in [0.05, 0.1) is 5.92 Å². The van der Waals surface area contributed by atoms with Crippen molar-refractivity contribution in [2.24, 2.45) is 11.8 Å². The third-order valence-electron chi connectivity index (χ3n) is 4.35. The fourth-order valence-electron chi connectivity index (χ4n) is 2.71. The summed E-state index contributed by atoms with van der Waals surface area (Å²) in [4.78, 5) is 36.5. The predicted octanol–water partition coefficient (Wildman–Crippen LogP) is 0.512. The summed E-state index contributed by atoms with van der Waals surface area (Å²) in [7, 11) is 1.54. The molecule has 1 aliphatic heterocycles. The summed E-state index contributed by atoms with van der Waals surface area (Å²) in [6, 6.07) is 1.29. The monoisotopic (exact) mass is 337 g/mol. The summed E-state index contributed by atoms with van der Waals surface area (Å²) >= 11 is 0. The lowest BCUT2D eigenvalue weighted by Crippen LogP contribution is -2.47. The first-order valence-electron chi connectivity index (χ1n) is 7.85. The minimum absolute atomic E-state index is 0.0422. The van der Waals surface area contributed by atoms with Gasteiger partial charge in [0.15, 0.2) is 5.82 Å². The van der Waals surface area contributed by atoms with Gasteiger partial charge in [-0.1, -0.05) is 6.92 Å². The highest BCUT2D eigenvalue weighted by Crippen LogP contribution is 2.24. The molecule has 3 N–H and O–H groups in total. The lowest BCUT2D eigenvalue weighted by atomic mass is 9.87. The number of urea groups is 1. The SMILES string of the molecule is CNC(=O)Cn1nc(NC(=O)N2CCC(C)C(C(=O)O)C2)cc1C. The van der Waals surface area contributed by atoms with Gasteiger partial charge in [-0.2, -0.15) is 5.10 Å². The highest BCUT2D eigenvalue weighted by Gasteiger charge is 2.33. The second-order valence-corrected chi connectivity index (χ2v) is 6.09. The molecule has 0 aromatic carbocycles. The molecule has 9 heteroatoms. The number of carbonyl (C=O) groups excluding carboxylic acids is 2. The van der Waals surface area contributed by atoms with Crippen LogP contribution in [0.3, 0.4) is 0 Å². The molecule has 0 spiro atoms. The van der Waals surface area contributed by atoms with Crippen LogP contribution in [0.5, 0.6) is 0 Å². The van der Waals surface area contributed by atoms with Crippen molar-refractivity contribution in [2.45, 2.75) is 26.8 Å². The molecule has 1 aliphatic rings.